The van der Waals surface area contributed by atoms with Gasteiger partial charge in [-0.3, -0.25) is 4.79 Å². The van der Waals surface area contributed by atoms with Crippen molar-refractivity contribution in [1.29, 1.82) is 0 Å². The summed E-state index contributed by atoms with van der Waals surface area (Å²) in [4.78, 5) is 10.8. The standard InChI is InChI=1S/C12H16ClNO4S/c1-7-4-8(2)11(10(5-7)19(13,16)17)18-6-9(3)12(14)15/h4-5,9H,6H2,1-3H3,(H2,14,15). The lowest BCUT2D eigenvalue weighted by molar-refractivity contribution is -0.122. The average molecular weight is 306 g/mol. The number of hydrogen-bond donors (Lipinski definition) is 1. The molecule has 1 unspecified atom stereocenters. The molecule has 1 aromatic rings. The maximum absolute atomic E-state index is 11.5. The highest BCUT2D eigenvalue weighted by atomic mass is 35.7. The van der Waals surface area contributed by atoms with Crippen LogP contribution < -0.4 is 10.5 Å². The van der Waals surface area contributed by atoms with E-state index in [4.69, 9.17) is 21.2 Å². The van der Waals surface area contributed by atoms with Gasteiger partial charge in [-0.1, -0.05) is 13.0 Å². The average Bonchev–Trinajstić information content (AvgIpc) is 2.25. The second-order valence-corrected chi connectivity index (χ2v) is 7.00. The third kappa shape index (κ3) is 4.11. The lowest BCUT2D eigenvalue weighted by atomic mass is 10.1. The SMILES string of the molecule is Cc1cc(C)c(OCC(C)C(N)=O)c(S(=O)(=O)Cl)c1. The van der Waals surface area contributed by atoms with Gasteiger partial charge in [0.15, 0.2) is 0 Å². The fourth-order valence-electron chi connectivity index (χ4n) is 1.57. The minimum Gasteiger partial charge on any atom is -0.491 e. The molecule has 5 nitrogen and oxygen atoms in total. The van der Waals surface area contributed by atoms with E-state index in [2.05, 4.69) is 0 Å². The molecule has 0 aliphatic rings. The first kappa shape index (κ1) is 15.8. The molecule has 0 aromatic heterocycles. The van der Waals surface area contributed by atoms with Crippen molar-refractivity contribution in [2.75, 3.05) is 6.61 Å². The molecule has 0 spiro atoms. The third-order valence-corrected chi connectivity index (χ3v) is 3.94. The molecule has 106 valence electrons. The summed E-state index contributed by atoms with van der Waals surface area (Å²) in [7, 11) is 1.47. The number of benzene rings is 1. The molecule has 0 aliphatic carbocycles. The van der Waals surface area contributed by atoms with E-state index in [1.807, 2.05) is 0 Å². The number of nitrogens with two attached hydrogens (primary N) is 1. The zero-order valence-electron chi connectivity index (χ0n) is 10.9. The molecule has 1 aromatic carbocycles. The van der Waals surface area contributed by atoms with Crippen molar-refractivity contribution in [1.82, 2.24) is 0 Å². The van der Waals surface area contributed by atoms with Crippen LogP contribution in [-0.4, -0.2) is 20.9 Å². The predicted molar refractivity (Wildman–Crippen MR) is 72.8 cm³/mol. The van der Waals surface area contributed by atoms with Gasteiger partial charge in [0, 0.05) is 10.7 Å². The van der Waals surface area contributed by atoms with E-state index in [1.165, 1.54) is 6.07 Å². The van der Waals surface area contributed by atoms with Crippen LogP contribution in [0.1, 0.15) is 18.1 Å². The van der Waals surface area contributed by atoms with E-state index >= 15 is 0 Å². The Bertz CT molecular complexity index is 598. The van der Waals surface area contributed by atoms with Crippen LogP contribution in [0.3, 0.4) is 0 Å². The van der Waals surface area contributed by atoms with Gasteiger partial charge < -0.3 is 10.5 Å². The van der Waals surface area contributed by atoms with Crippen LogP contribution in [0.25, 0.3) is 0 Å². The first-order chi connectivity index (χ1) is 8.62. The molecule has 7 heteroatoms. The van der Waals surface area contributed by atoms with Crippen molar-refractivity contribution >= 4 is 25.6 Å². The minimum absolute atomic E-state index is 0.00135. The molecule has 19 heavy (non-hydrogen) atoms. The second-order valence-electron chi connectivity index (χ2n) is 4.46. The van der Waals surface area contributed by atoms with E-state index in [-0.39, 0.29) is 17.3 Å². The van der Waals surface area contributed by atoms with Gasteiger partial charge in [0.25, 0.3) is 9.05 Å². The highest BCUT2D eigenvalue weighted by Gasteiger charge is 2.21. The van der Waals surface area contributed by atoms with Crippen LogP contribution in [-0.2, 0) is 13.8 Å². The Morgan fingerprint density at radius 2 is 2.00 bits per heavy atom. The molecule has 1 atom stereocenters. The van der Waals surface area contributed by atoms with Gasteiger partial charge in [0.1, 0.15) is 10.6 Å². The molecule has 0 fully saturated rings. The Kier molecular flexibility index (Phi) is 4.81. The topological polar surface area (TPSA) is 86.5 Å². The quantitative estimate of drug-likeness (QED) is 0.839. The predicted octanol–water partition coefficient (Wildman–Crippen LogP) is 1.73. The molecular weight excluding hydrogens is 290 g/mol. The van der Waals surface area contributed by atoms with Crippen LogP contribution >= 0.6 is 10.7 Å². The number of amides is 1. The second kappa shape index (κ2) is 5.79. The maximum Gasteiger partial charge on any atom is 0.265 e. The van der Waals surface area contributed by atoms with E-state index in [0.717, 1.165) is 5.56 Å². The zero-order valence-corrected chi connectivity index (χ0v) is 12.5. The zero-order chi connectivity index (χ0) is 14.8. The number of aryl methyl sites for hydroxylation is 2. The summed E-state index contributed by atoms with van der Waals surface area (Å²) in [6.07, 6.45) is 0. The largest absolute Gasteiger partial charge is 0.491 e. The monoisotopic (exact) mass is 305 g/mol. The van der Waals surface area contributed by atoms with E-state index in [9.17, 15) is 13.2 Å². The summed E-state index contributed by atoms with van der Waals surface area (Å²) in [5, 5.41) is 0. The number of ether oxygens (including phenoxy) is 1. The minimum atomic E-state index is -3.92. The molecule has 1 rings (SSSR count). The van der Waals surface area contributed by atoms with Crippen LogP contribution in [0.4, 0.5) is 0 Å². The number of rotatable bonds is 5. The lowest BCUT2D eigenvalue weighted by Crippen LogP contribution is -2.26. The molecule has 2 N–H and O–H groups in total. The van der Waals surface area contributed by atoms with Crippen molar-refractivity contribution in [2.24, 2.45) is 11.7 Å². The number of primary amides is 1. The van der Waals surface area contributed by atoms with Crippen molar-refractivity contribution in [3.63, 3.8) is 0 Å². The first-order valence-corrected chi connectivity index (χ1v) is 7.92. The smallest absolute Gasteiger partial charge is 0.265 e. The van der Waals surface area contributed by atoms with Crippen molar-refractivity contribution in [3.05, 3.63) is 23.3 Å². The van der Waals surface area contributed by atoms with Gasteiger partial charge in [-0.2, -0.15) is 0 Å². The summed E-state index contributed by atoms with van der Waals surface area (Å²) >= 11 is 0. The van der Waals surface area contributed by atoms with Crippen molar-refractivity contribution in [2.45, 2.75) is 25.7 Å². The lowest BCUT2D eigenvalue weighted by Gasteiger charge is -2.15. The number of hydrogen-bond acceptors (Lipinski definition) is 4. The molecule has 0 bridgehead atoms. The molecule has 0 aliphatic heterocycles. The van der Waals surface area contributed by atoms with Crippen LogP contribution in [0, 0.1) is 19.8 Å². The normalized spacial score (nSPS) is 13.1. The Labute approximate surface area is 117 Å². The number of halogens is 1. The molecule has 0 radical (unpaired) electrons. The van der Waals surface area contributed by atoms with E-state index in [0.29, 0.717) is 5.56 Å². The fourth-order valence-corrected chi connectivity index (χ4v) is 2.68. The van der Waals surface area contributed by atoms with Crippen LogP contribution in [0.5, 0.6) is 5.75 Å². The van der Waals surface area contributed by atoms with Crippen LogP contribution in [0.15, 0.2) is 17.0 Å². The first-order valence-electron chi connectivity index (χ1n) is 5.61. The Hall–Kier alpha value is -1.27. The summed E-state index contributed by atoms with van der Waals surface area (Å²) < 4.78 is 28.5. The van der Waals surface area contributed by atoms with Crippen molar-refractivity contribution < 1.29 is 17.9 Å². The fraction of sp³-hybridized carbons (Fsp3) is 0.417. The summed E-state index contributed by atoms with van der Waals surface area (Å²) in [6.45, 7) is 5.07. The van der Waals surface area contributed by atoms with Gasteiger partial charge >= 0.3 is 0 Å². The van der Waals surface area contributed by atoms with Gasteiger partial charge in [-0.05, 0) is 31.0 Å². The summed E-state index contributed by atoms with van der Waals surface area (Å²) in [5.41, 5.74) is 6.51. The number of carbonyl (C=O) groups is 1. The maximum atomic E-state index is 11.5. The van der Waals surface area contributed by atoms with E-state index < -0.39 is 20.9 Å². The highest BCUT2D eigenvalue weighted by Crippen LogP contribution is 2.32. The molecule has 0 saturated heterocycles. The molecule has 1 amide bonds. The van der Waals surface area contributed by atoms with Gasteiger partial charge in [-0.15, -0.1) is 0 Å². The van der Waals surface area contributed by atoms with E-state index in [1.54, 1.807) is 26.8 Å². The van der Waals surface area contributed by atoms with Crippen molar-refractivity contribution in [3.8, 4) is 5.75 Å². The highest BCUT2D eigenvalue weighted by molar-refractivity contribution is 8.13. The Morgan fingerprint density at radius 3 is 2.47 bits per heavy atom. The van der Waals surface area contributed by atoms with Gasteiger partial charge in [-0.25, -0.2) is 8.42 Å². The summed E-state index contributed by atoms with van der Waals surface area (Å²) in [6, 6.07) is 3.20. The molecule has 0 heterocycles. The summed E-state index contributed by atoms with van der Waals surface area (Å²) in [5.74, 6) is -0.875. The Balaban J connectivity index is 3.16. The Morgan fingerprint density at radius 1 is 1.42 bits per heavy atom. The van der Waals surface area contributed by atoms with Crippen LogP contribution in [0.2, 0.25) is 0 Å². The molecular formula is C12H16ClNO4S. The number of carbonyl (C=O) groups excluding carboxylic acids is 1. The molecule has 0 saturated carbocycles. The van der Waals surface area contributed by atoms with Gasteiger partial charge in [0.05, 0.1) is 12.5 Å². The third-order valence-electron chi connectivity index (χ3n) is 2.61. The van der Waals surface area contributed by atoms with Gasteiger partial charge in [0.2, 0.25) is 5.91 Å².